The molecule has 1 unspecified atom stereocenters. The van der Waals surface area contributed by atoms with Crippen LogP contribution in [0.5, 0.6) is 0 Å². The predicted octanol–water partition coefficient (Wildman–Crippen LogP) is 2.70. The fraction of sp³-hybridized carbons (Fsp3) is 0.591. The van der Waals surface area contributed by atoms with Crippen LogP contribution in [0.1, 0.15) is 41.6 Å². The molecule has 0 saturated carbocycles. The number of nitrogens with zero attached hydrogens (tertiary/aromatic N) is 5. The summed E-state index contributed by atoms with van der Waals surface area (Å²) in [7, 11) is 3.33. The van der Waals surface area contributed by atoms with Crippen molar-refractivity contribution < 1.29 is 14.3 Å². The molecule has 1 saturated heterocycles. The lowest BCUT2D eigenvalue weighted by Crippen LogP contribution is -2.48. The topological polar surface area (TPSA) is 72.7 Å². The number of methoxy groups -OCH3 is 2. The summed E-state index contributed by atoms with van der Waals surface area (Å²) in [4.78, 5) is 17.5. The van der Waals surface area contributed by atoms with E-state index < -0.39 is 0 Å². The highest BCUT2D eigenvalue weighted by atomic mass is 32.2. The molecule has 1 aliphatic rings. The van der Waals surface area contributed by atoms with Gasteiger partial charge in [0.25, 0.3) is 5.91 Å². The Morgan fingerprint density at radius 1 is 1.13 bits per heavy atom. The van der Waals surface area contributed by atoms with Gasteiger partial charge in [0.15, 0.2) is 11.0 Å². The first kappa shape index (κ1) is 23.7. The van der Waals surface area contributed by atoms with Gasteiger partial charge in [0.2, 0.25) is 0 Å². The number of benzene rings is 1. The van der Waals surface area contributed by atoms with Gasteiger partial charge in [-0.05, 0) is 25.1 Å². The van der Waals surface area contributed by atoms with Crippen LogP contribution in [-0.4, -0.2) is 84.0 Å². The summed E-state index contributed by atoms with van der Waals surface area (Å²) in [5, 5.41) is 9.48. The first-order chi connectivity index (χ1) is 15.1. The molecular formula is C22H33N5O3S. The second-order valence-corrected chi connectivity index (χ2v) is 8.62. The zero-order chi connectivity index (χ0) is 22.2. The number of thioether (sulfide) groups is 1. The Morgan fingerprint density at radius 2 is 1.87 bits per heavy atom. The number of piperazine rings is 1. The van der Waals surface area contributed by atoms with E-state index in [0.717, 1.165) is 54.8 Å². The number of hydrogen-bond acceptors (Lipinski definition) is 7. The zero-order valence-electron chi connectivity index (χ0n) is 18.9. The van der Waals surface area contributed by atoms with Gasteiger partial charge in [-0.2, -0.15) is 0 Å². The minimum Gasteiger partial charge on any atom is -0.383 e. The van der Waals surface area contributed by atoms with E-state index in [9.17, 15) is 4.79 Å². The quantitative estimate of drug-likeness (QED) is 0.519. The molecule has 0 spiro atoms. The van der Waals surface area contributed by atoms with E-state index in [2.05, 4.69) is 33.5 Å². The third-order valence-corrected chi connectivity index (χ3v) is 6.56. The standard InChI is InChI=1S/C22H33N5O3S/c1-5-25-10-12-26(13-11-25)21(28)19-9-7-6-8-18(19)16-31-22-24-23-20(15-30-4)27(22)17(2)14-29-3/h6-9,17H,5,10-16H2,1-4H3. The van der Waals surface area contributed by atoms with Gasteiger partial charge in [0.05, 0.1) is 12.6 Å². The number of amides is 1. The molecular weight excluding hydrogens is 414 g/mol. The third-order valence-electron chi connectivity index (χ3n) is 5.57. The molecule has 1 fully saturated rings. The molecule has 0 N–H and O–H groups in total. The van der Waals surface area contributed by atoms with Gasteiger partial charge in [-0.25, -0.2) is 0 Å². The van der Waals surface area contributed by atoms with Crippen molar-refractivity contribution in [3.63, 3.8) is 0 Å². The van der Waals surface area contributed by atoms with Crippen LogP contribution in [0.15, 0.2) is 29.4 Å². The normalized spacial score (nSPS) is 15.9. The number of aromatic nitrogens is 3. The van der Waals surface area contributed by atoms with Crippen molar-refractivity contribution in [2.45, 2.75) is 37.4 Å². The highest BCUT2D eigenvalue weighted by molar-refractivity contribution is 7.98. The van der Waals surface area contributed by atoms with Crippen molar-refractivity contribution in [1.29, 1.82) is 0 Å². The number of hydrogen-bond donors (Lipinski definition) is 0. The summed E-state index contributed by atoms with van der Waals surface area (Å²) in [6.45, 7) is 9.63. The van der Waals surface area contributed by atoms with Gasteiger partial charge < -0.3 is 19.3 Å². The van der Waals surface area contributed by atoms with Gasteiger partial charge in [0, 0.05) is 51.7 Å². The van der Waals surface area contributed by atoms with Crippen LogP contribution in [0.25, 0.3) is 0 Å². The molecule has 0 radical (unpaired) electrons. The molecule has 1 aromatic carbocycles. The van der Waals surface area contributed by atoms with Crippen LogP contribution in [0, 0.1) is 0 Å². The van der Waals surface area contributed by atoms with E-state index in [1.807, 2.05) is 29.2 Å². The van der Waals surface area contributed by atoms with E-state index in [1.54, 1.807) is 26.0 Å². The number of carbonyl (C=O) groups excluding carboxylic acids is 1. The van der Waals surface area contributed by atoms with Gasteiger partial charge in [-0.3, -0.25) is 9.36 Å². The van der Waals surface area contributed by atoms with Crippen molar-refractivity contribution in [2.75, 3.05) is 53.6 Å². The summed E-state index contributed by atoms with van der Waals surface area (Å²) in [5.41, 5.74) is 1.78. The molecule has 1 amide bonds. The maximum atomic E-state index is 13.2. The maximum absolute atomic E-state index is 13.2. The minimum atomic E-state index is 0.0828. The van der Waals surface area contributed by atoms with Crippen LogP contribution in [0.2, 0.25) is 0 Å². The number of rotatable bonds is 10. The maximum Gasteiger partial charge on any atom is 0.254 e. The molecule has 1 atom stereocenters. The summed E-state index contributed by atoms with van der Waals surface area (Å²) in [6, 6.07) is 7.95. The Balaban J connectivity index is 1.74. The van der Waals surface area contributed by atoms with Gasteiger partial charge in [-0.1, -0.05) is 36.9 Å². The zero-order valence-corrected chi connectivity index (χ0v) is 19.7. The van der Waals surface area contributed by atoms with Crippen molar-refractivity contribution in [1.82, 2.24) is 24.6 Å². The largest absolute Gasteiger partial charge is 0.383 e. The number of carbonyl (C=O) groups is 1. The van der Waals surface area contributed by atoms with Crippen molar-refractivity contribution >= 4 is 17.7 Å². The average molecular weight is 448 g/mol. The SMILES string of the molecule is CCN1CCN(C(=O)c2ccccc2CSc2nnc(COC)n2C(C)COC)CC1. The molecule has 2 aromatic rings. The van der Waals surface area contributed by atoms with Gasteiger partial charge >= 0.3 is 0 Å². The minimum absolute atomic E-state index is 0.0828. The Labute approximate surface area is 188 Å². The molecule has 0 bridgehead atoms. The number of likely N-dealkylation sites (N-methyl/N-ethyl adjacent to an activating group) is 1. The molecule has 1 aromatic heterocycles. The summed E-state index contributed by atoms with van der Waals surface area (Å²) >= 11 is 1.58. The van der Waals surface area contributed by atoms with E-state index in [4.69, 9.17) is 9.47 Å². The van der Waals surface area contributed by atoms with Gasteiger partial charge in [0.1, 0.15) is 6.61 Å². The molecule has 9 heteroatoms. The van der Waals surface area contributed by atoms with Crippen molar-refractivity contribution in [2.24, 2.45) is 0 Å². The van der Waals surface area contributed by atoms with E-state index in [0.29, 0.717) is 19.0 Å². The molecule has 1 aliphatic heterocycles. The van der Waals surface area contributed by atoms with E-state index >= 15 is 0 Å². The van der Waals surface area contributed by atoms with Crippen LogP contribution < -0.4 is 0 Å². The molecule has 8 nitrogen and oxygen atoms in total. The first-order valence-corrected chi connectivity index (χ1v) is 11.7. The molecule has 31 heavy (non-hydrogen) atoms. The molecule has 2 heterocycles. The fourth-order valence-electron chi connectivity index (χ4n) is 3.83. The Morgan fingerprint density at radius 3 is 2.55 bits per heavy atom. The predicted molar refractivity (Wildman–Crippen MR) is 121 cm³/mol. The summed E-state index contributed by atoms with van der Waals surface area (Å²) < 4.78 is 12.7. The average Bonchev–Trinajstić information content (AvgIpc) is 3.20. The second kappa shape index (κ2) is 11.6. The second-order valence-electron chi connectivity index (χ2n) is 7.68. The fourth-order valence-corrected chi connectivity index (χ4v) is 4.89. The van der Waals surface area contributed by atoms with E-state index in [-0.39, 0.29) is 11.9 Å². The lowest BCUT2D eigenvalue weighted by Gasteiger charge is -2.34. The van der Waals surface area contributed by atoms with Crippen molar-refractivity contribution in [3.05, 3.63) is 41.2 Å². The van der Waals surface area contributed by atoms with Crippen LogP contribution in [0.4, 0.5) is 0 Å². The van der Waals surface area contributed by atoms with Crippen LogP contribution >= 0.6 is 11.8 Å². The molecule has 3 rings (SSSR count). The summed E-state index contributed by atoms with van der Waals surface area (Å²) in [5.74, 6) is 1.52. The molecule has 170 valence electrons. The lowest BCUT2D eigenvalue weighted by atomic mass is 10.1. The monoisotopic (exact) mass is 447 g/mol. The van der Waals surface area contributed by atoms with Gasteiger partial charge in [-0.15, -0.1) is 10.2 Å². The van der Waals surface area contributed by atoms with E-state index in [1.165, 1.54) is 0 Å². The Bertz CT molecular complexity index is 851. The van der Waals surface area contributed by atoms with Crippen LogP contribution in [-0.2, 0) is 21.8 Å². The number of ether oxygens (including phenoxy) is 2. The molecule has 0 aliphatic carbocycles. The van der Waals surface area contributed by atoms with Crippen molar-refractivity contribution in [3.8, 4) is 0 Å². The smallest absolute Gasteiger partial charge is 0.254 e. The highest BCUT2D eigenvalue weighted by Crippen LogP contribution is 2.27. The van der Waals surface area contributed by atoms with Crippen LogP contribution in [0.3, 0.4) is 0 Å². The first-order valence-electron chi connectivity index (χ1n) is 10.7. The Kier molecular flexibility index (Phi) is 8.89. The lowest BCUT2D eigenvalue weighted by molar-refractivity contribution is 0.0642. The third kappa shape index (κ3) is 5.85. The Hall–Kier alpha value is -1.94. The summed E-state index contributed by atoms with van der Waals surface area (Å²) in [6.07, 6.45) is 0. The highest BCUT2D eigenvalue weighted by Gasteiger charge is 2.24.